The SMILES string of the molecule is CO[C@H]1C[C@@H]2CC[C@@H](C)[C@@](O)(O2)C(=O)C(=O)N2CCCC[C@H]2C(=O)O[C@H]([C@H](C)C[C@@H]2CC[C@@H](OC(=O)NCc3cnc(N4CCN(C(=O)CCOCCN5CCN(c6ncc(C(=O)NCCOCCC(=O)NCCCCn7nc(-c8cnc9[nH]ccc9c8)c8c(N)ncnc87)cn6)CC5)CC4)nc3)[C@H](OC)C2)CC(=O)[C@H](C)/C=C(\C)[C@@H](O)[C@@H](OC)C(=O)[C@H](C)C[C@H](C)/C=C/C=C/C=C/1C. The Morgan fingerprint density at radius 1 is 0.716 bits per heavy atom. The number of hydrogen-bond acceptors (Lipinski definition) is 31. The number of esters is 1. The average Bonchev–Trinajstić information content (AvgIpc) is 1.57. The van der Waals surface area contributed by atoms with Crippen molar-refractivity contribution < 1.29 is 91.3 Å². The number of amides is 5. The van der Waals surface area contributed by atoms with E-state index in [1.54, 1.807) is 66.6 Å². The molecule has 0 radical (unpaired) electrons. The van der Waals surface area contributed by atoms with Crippen molar-refractivity contribution >= 4 is 92.8 Å². The number of Topliss-reactive ketones (excluding diaryl/α,β-unsaturated/α-hetero) is 3. The Morgan fingerprint density at radius 2 is 1.45 bits per heavy atom. The van der Waals surface area contributed by atoms with E-state index in [0.717, 1.165) is 41.7 Å². The molecule has 0 spiro atoms. The van der Waals surface area contributed by atoms with Gasteiger partial charge in [0.1, 0.15) is 59.7 Å². The summed E-state index contributed by atoms with van der Waals surface area (Å²) in [6.07, 6.45) is 22.2. The fourth-order valence-electron chi connectivity index (χ4n) is 18.5. The van der Waals surface area contributed by atoms with Crippen molar-refractivity contribution in [2.45, 2.75) is 219 Å². The molecule has 38 heteroatoms. The molecule has 6 aliphatic rings. The van der Waals surface area contributed by atoms with Crippen LogP contribution in [0.2, 0.25) is 0 Å². The van der Waals surface area contributed by atoms with Crippen LogP contribution in [0.1, 0.15) is 167 Å². The van der Waals surface area contributed by atoms with E-state index in [9.17, 15) is 53.4 Å². The number of rotatable bonds is 30. The zero-order chi connectivity index (χ0) is 95.5. The third-order valence-corrected chi connectivity index (χ3v) is 26.7. The maximum Gasteiger partial charge on any atom is 0.407 e. The lowest BCUT2D eigenvalue weighted by Gasteiger charge is -2.42. The number of piperidine rings is 1. The van der Waals surface area contributed by atoms with Gasteiger partial charge in [0.05, 0.1) is 62.1 Å². The normalized spacial score (nSPS) is 27.1. The highest BCUT2D eigenvalue weighted by atomic mass is 16.6. The summed E-state index contributed by atoms with van der Waals surface area (Å²) in [5.41, 5.74) is 11.3. The Kier molecular flexibility index (Phi) is 37.7. The summed E-state index contributed by atoms with van der Waals surface area (Å²) in [7, 11) is 4.48. The number of aromatic nitrogens is 10. The molecule has 1 aliphatic carbocycles. The summed E-state index contributed by atoms with van der Waals surface area (Å²) in [4.78, 5) is 169. The molecule has 0 unspecified atom stereocenters. The Hall–Kier alpha value is -11.0. The van der Waals surface area contributed by atoms with Gasteiger partial charge in [-0.05, 0) is 132 Å². The highest BCUT2D eigenvalue weighted by Gasteiger charge is 2.53. The van der Waals surface area contributed by atoms with Crippen LogP contribution >= 0.6 is 0 Å². The standard InChI is InChI=1S/C96H135N19O19/c1-60-18-12-11-13-19-61(2)76(127-8)51-72-23-21-66(7)96(126,134-72)86(121)91(123)114-31-16-14-20-73(114)92(124)132-77(52-74(116)62(3)47-65(6)84(120)85(129-10)83(119)64(5)46-60)63(4)48-67-22-24-75(78(49-67)128-9)133-95(125)106-55-68-53-102-93(103-54-68)113-39-37-111(38-40-113)80(118)27-43-131-45-41-110-33-35-112(36-34-110)94-104-57-71(58-105-94)90(122)100-30-44-130-42-26-79(117)98-28-15-17-32-115-89-81(87(97)107-59-108-89)82(109-115)70-50-69-25-29-99-88(69)101-56-70/h11-13,18-19,25,29,47,50,53-54,56-60,62-64,66-67,72-73,75-78,84-85,120,126H,14-17,20-24,26-28,30-46,48-49,51-52,55H2,1-10H3,(H,98,117)(H,99,101)(H,100,122)(H,106,125)(H2,97,107,108)/b13-11+,18-12+,61-19+,65-47+/t60-,62-,63-,64-,66-,67+,72+,73+,75-,76+,77+,78-,84-,85+,96-/m1/s1. The van der Waals surface area contributed by atoms with Crippen LogP contribution in [0.4, 0.5) is 22.5 Å². The number of anilines is 3. The summed E-state index contributed by atoms with van der Waals surface area (Å²) in [5.74, 6) is -7.89. The molecule has 6 aromatic heterocycles. The number of unbranched alkanes of at least 4 members (excludes halogenated alkanes) is 1. The van der Waals surface area contributed by atoms with Crippen LogP contribution in [0.3, 0.4) is 0 Å². The van der Waals surface area contributed by atoms with Crippen LogP contribution in [-0.2, 0) is 84.5 Å². The number of pyridine rings is 1. The summed E-state index contributed by atoms with van der Waals surface area (Å²) in [6, 6.07) is 2.72. The van der Waals surface area contributed by atoms with Crippen molar-refractivity contribution in [2.24, 2.45) is 35.5 Å². The summed E-state index contributed by atoms with van der Waals surface area (Å²) in [6.45, 7) is 20.7. The molecule has 8 N–H and O–H groups in total. The fraction of sp³-hybridized carbons (Fsp3) is 0.615. The smallest absolute Gasteiger partial charge is 0.407 e. The predicted molar refractivity (Wildman–Crippen MR) is 498 cm³/mol. The second kappa shape index (κ2) is 49.5. The third-order valence-electron chi connectivity index (χ3n) is 26.7. The van der Waals surface area contributed by atoms with Gasteiger partial charge in [0.25, 0.3) is 17.6 Å². The molecule has 6 aromatic rings. The molecule has 5 fully saturated rings. The first-order chi connectivity index (χ1) is 64.6. The number of ketones is 3. The van der Waals surface area contributed by atoms with Gasteiger partial charge in [0.15, 0.2) is 11.4 Å². The lowest BCUT2D eigenvalue weighted by Crippen LogP contribution is -2.61. The Labute approximate surface area is 782 Å². The number of cyclic esters (lactones) is 1. The highest BCUT2D eigenvalue weighted by molar-refractivity contribution is 6.39. The molecule has 0 aromatic carbocycles. The van der Waals surface area contributed by atoms with Crippen molar-refractivity contribution in [1.82, 2.24) is 80.3 Å². The molecule has 5 aliphatic heterocycles. The lowest BCUT2D eigenvalue weighted by atomic mass is 9.78. The number of H-pyrrole nitrogens is 1. The molecular formula is C96H135N19O19. The number of nitrogens with one attached hydrogen (secondary N) is 4. The van der Waals surface area contributed by atoms with Crippen LogP contribution < -0.4 is 31.5 Å². The zero-order valence-corrected chi connectivity index (χ0v) is 79.0. The molecule has 11 heterocycles. The topological polar surface area (TPSA) is 470 Å². The Bertz CT molecular complexity index is 5070. The first kappa shape index (κ1) is 102. The third kappa shape index (κ3) is 27.5. The van der Waals surface area contributed by atoms with Crippen LogP contribution in [-0.4, -0.2) is 308 Å². The first-order valence-corrected chi connectivity index (χ1v) is 47.3. The number of carbonyl (C=O) groups is 9. The summed E-state index contributed by atoms with van der Waals surface area (Å²) < 4.78 is 49.6. The van der Waals surface area contributed by atoms with Gasteiger partial charge >= 0.3 is 12.1 Å². The number of ether oxygens (including phenoxy) is 8. The number of fused-ring (bicyclic) bond motifs is 5. The number of alkyl carbamates (subject to hydrolysis) is 1. The van der Waals surface area contributed by atoms with E-state index in [1.165, 1.54) is 30.7 Å². The van der Waals surface area contributed by atoms with Gasteiger partial charge in [0.2, 0.25) is 29.5 Å². The number of allylic oxidation sites excluding steroid dienone is 6. The molecule has 728 valence electrons. The van der Waals surface area contributed by atoms with Gasteiger partial charge in [-0.15, -0.1) is 0 Å². The zero-order valence-electron chi connectivity index (χ0n) is 79.0. The van der Waals surface area contributed by atoms with Crippen LogP contribution in [0, 0.1) is 35.5 Å². The summed E-state index contributed by atoms with van der Waals surface area (Å²) >= 11 is 0. The maximum absolute atomic E-state index is 14.8. The van der Waals surface area contributed by atoms with E-state index in [0.29, 0.717) is 187 Å². The highest BCUT2D eigenvalue weighted by Crippen LogP contribution is 2.40. The van der Waals surface area contributed by atoms with E-state index in [2.05, 4.69) is 65.6 Å². The van der Waals surface area contributed by atoms with Crippen LogP contribution in [0.5, 0.6) is 0 Å². The van der Waals surface area contributed by atoms with E-state index in [-0.39, 0.29) is 106 Å². The molecule has 1 saturated carbocycles. The van der Waals surface area contributed by atoms with Gasteiger partial charge in [-0.3, -0.25) is 38.5 Å². The second-order valence-electron chi connectivity index (χ2n) is 36.4. The number of nitrogens with zero attached hydrogens (tertiary/aromatic N) is 14. The quantitative estimate of drug-likeness (QED) is 0.00988. The van der Waals surface area contributed by atoms with E-state index >= 15 is 0 Å². The average molecular weight is 1860 g/mol. The van der Waals surface area contributed by atoms with Gasteiger partial charge in [-0.25, -0.2) is 49.2 Å². The van der Waals surface area contributed by atoms with Gasteiger partial charge in [-0.1, -0.05) is 71.1 Å². The van der Waals surface area contributed by atoms with E-state index in [4.69, 9.17) is 48.7 Å². The molecule has 38 nitrogen and oxygen atoms in total. The largest absolute Gasteiger partial charge is 0.460 e. The van der Waals surface area contributed by atoms with E-state index in [1.807, 2.05) is 84.0 Å². The van der Waals surface area contributed by atoms with Crippen molar-refractivity contribution in [1.29, 1.82) is 0 Å². The van der Waals surface area contributed by atoms with Crippen molar-refractivity contribution in [3.8, 4) is 11.3 Å². The van der Waals surface area contributed by atoms with Crippen molar-refractivity contribution in [3.05, 3.63) is 114 Å². The number of aryl methyl sites for hydroxylation is 1. The monoisotopic (exact) mass is 1860 g/mol. The molecule has 134 heavy (non-hydrogen) atoms. The van der Waals surface area contributed by atoms with Gasteiger partial charge in [-0.2, -0.15) is 5.10 Å². The van der Waals surface area contributed by atoms with Crippen LogP contribution in [0.25, 0.3) is 33.3 Å². The number of aromatic amines is 1. The fourth-order valence-corrected chi connectivity index (χ4v) is 18.5. The molecule has 12 rings (SSSR count). The van der Waals surface area contributed by atoms with Crippen LogP contribution in [0.15, 0.2) is 103 Å². The van der Waals surface area contributed by atoms with Crippen molar-refractivity contribution in [3.63, 3.8) is 0 Å². The van der Waals surface area contributed by atoms with Gasteiger partial charge < -0.3 is 94.4 Å². The Balaban J connectivity index is 0.526. The molecular weight excluding hydrogens is 1720 g/mol. The number of carbonyl (C=O) groups excluding carboxylic acids is 9. The number of nitrogen functional groups attached to an aromatic ring is 1. The first-order valence-electron chi connectivity index (χ1n) is 47.3. The molecule has 4 saturated heterocycles. The number of methoxy groups -OCH3 is 3. The lowest BCUT2D eigenvalue weighted by molar-refractivity contribution is -0.265. The molecule has 2 bridgehead atoms. The number of hydrogen-bond donors (Lipinski definition) is 7. The number of aliphatic hydroxyl groups excluding tert-OH is 1. The van der Waals surface area contributed by atoms with E-state index < -0.39 is 102 Å². The molecule has 5 amide bonds. The maximum atomic E-state index is 14.8. The summed E-state index contributed by atoms with van der Waals surface area (Å²) in [5, 5.41) is 38.9. The number of nitrogens with two attached hydrogens (primary N) is 1. The predicted octanol–water partition coefficient (Wildman–Crippen LogP) is 7.57. The van der Waals surface area contributed by atoms with Crippen molar-refractivity contribution in [2.75, 3.05) is 142 Å². The minimum absolute atomic E-state index is 0.00400. The minimum atomic E-state index is -2.49. The Morgan fingerprint density at radius 3 is 2.19 bits per heavy atom. The van der Waals surface area contributed by atoms with Gasteiger partial charge in [0, 0.05) is 204 Å². The molecule has 15 atom stereocenters. The number of aliphatic hydroxyl groups is 2. The minimum Gasteiger partial charge on any atom is -0.460 e. The number of piperazine rings is 2. The second-order valence-corrected chi connectivity index (χ2v) is 36.4.